The van der Waals surface area contributed by atoms with Crippen molar-refractivity contribution < 1.29 is 0 Å². The van der Waals surface area contributed by atoms with E-state index in [1.807, 2.05) is 19.2 Å². The van der Waals surface area contributed by atoms with Crippen LogP contribution in [0.15, 0.2) is 12.3 Å². The normalized spacial score (nSPS) is 23.1. The Labute approximate surface area is 103 Å². The first-order valence-corrected chi connectivity index (χ1v) is 6.45. The first kappa shape index (κ1) is 12.5. The molecule has 0 amide bonds. The summed E-state index contributed by atoms with van der Waals surface area (Å²) in [6.07, 6.45) is 3.07. The molecule has 4 heteroatoms. The summed E-state index contributed by atoms with van der Waals surface area (Å²) < 4.78 is 0. The van der Waals surface area contributed by atoms with Crippen LogP contribution in [0.25, 0.3) is 0 Å². The fourth-order valence-corrected chi connectivity index (χ4v) is 2.34. The quantitative estimate of drug-likeness (QED) is 0.835. The number of rotatable bonds is 2. The van der Waals surface area contributed by atoms with Gasteiger partial charge in [-0.1, -0.05) is 6.92 Å². The molecular formula is C13H22N4. The minimum atomic E-state index is 0.707. The zero-order valence-corrected chi connectivity index (χ0v) is 10.8. The van der Waals surface area contributed by atoms with Crippen LogP contribution in [0.3, 0.4) is 0 Å². The monoisotopic (exact) mass is 234 g/mol. The third-order valence-corrected chi connectivity index (χ3v) is 3.11. The molecule has 0 aliphatic carbocycles. The van der Waals surface area contributed by atoms with E-state index in [2.05, 4.69) is 27.1 Å². The van der Waals surface area contributed by atoms with Crippen molar-refractivity contribution in [1.82, 2.24) is 20.2 Å². The number of nitrogens with zero attached hydrogens (tertiary/aromatic N) is 3. The van der Waals surface area contributed by atoms with E-state index in [-0.39, 0.29) is 0 Å². The van der Waals surface area contributed by atoms with Crippen LogP contribution in [0.1, 0.15) is 24.9 Å². The minimum Gasteiger partial charge on any atom is -0.316 e. The summed E-state index contributed by atoms with van der Waals surface area (Å²) in [4.78, 5) is 11.1. The molecular weight excluding hydrogens is 212 g/mol. The molecule has 1 aromatic heterocycles. The highest BCUT2D eigenvalue weighted by Gasteiger charge is 2.13. The first-order valence-electron chi connectivity index (χ1n) is 6.45. The van der Waals surface area contributed by atoms with E-state index >= 15 is 0 Å². The van der Waals surface area contributed by atoms with Crippen molar-refractivity contribution in [2.24, 2.45) is 5.92 Å². The van der Waals surface area contributed by atoms with Gasteiger partial charge in [0.1, 0.15) is 5.82 Å². The molecule has 0 saturated carbocycles. The maximum Gasteiger partial charge on any atom is 0.125 e. The Morgan fingerprint density at radius 2 is 2.41 bits per heavy atom. The average Bonchev–Trinajstić information content (AvgIpc) is 2.25. The average molecular weight is 234 g/mol. The fraction of sp³-hybridized carbons (Fsp3) is 0.692. The number of hydrogen-bond acceptors (Lipinski definition) is 4. The highest BCUT2D eigenvalue weighted by molar-refractivity contribution is 5.01. The van der Waals surface area contributed by atoms with E-state index in [4.69, 9.17) is 0 Å². The van der Waals surface area contributed by atoms with Gasteiger partial charge in [0.2, 0.25) is 0 Å². The number of nitrogens with one attached hydrogen (secondary N) is 1. The minimum absolute atomic E-state index is 0.707. The molecule has 4 nitrogen and oxygen atoms in total. The van der Waals surface area contributed by atoms with Gasteiger partial charge in [-0.3, -0.25) is 4.90 Å². The maximum atomic E-state index is 4.48. The van der Waals surface area contributed by atoms with Crippen LogP contribution in [0.4, 0.5) is 0 Å². The molecule has 17 heavy (non-hydrogen) atoms. The van der Waals surface area contributed by atoms with Crippen molar-refractivity contribution >= 4 is 0 Å². The van der Waals surface area contributed by atoms with Crippen molar-refractivity contribution in [3.63, 3.8) is 0 Å². The van der Waals surface area contributed by atoms with Gasteiger partial charge in [-0.15, -0.1) is 0 Å². The van der Waals surface area contributed by atoms with Crippen LogP contribution >= 0.6 is 0 Å². The molecule has 0 radical (unpaired) electrons. The van der Waals surface area contributed by atoms with Gasteiger partial charge in [-0.25, -0.2) is 9.97 Å². The lowest BCUT2D eigenvalue weighted by Crippen LogP contribution is -2.38. The van der Waals surface area contributed by atoms with E-state index < -0.39 is 0 Å². The zero-order valence-electron chi connectivity index (χ0n) is 10.8. The highest BCUT2D eigenvalue weighted by Crippen LogP contribution is 2.08. The molecule has 1 unspecified atom stereocenters. The summed E-state index contributed by atoms with van der Waals surface area (Å²) in [7, 11) is 0. The van der Waals surface area contributed by atoms with Crippen LogP contribution in [0, 0.1) is 12.8 Å². The molecule has 94 valence electrons. The molecule has 0 aromatic carbocycles. The summed E-state index contributed by atoms with van der Waals surface area (Å²) in [6, 6.07) is 2.02. The van der Waals surface area contributed by atoms with Gasteiger partial charge < -0.3 is 5.32 Å². The molecule has 0 spiro atoms. The predicted molar refractivity (Wildman–Crippen MR) is 68.7 cm³/mol. The molecule has 2 heterocycles. The van der Waals surface area contributed by atoms with Crippen LogP contribution < -0.4 is 5.32 Å². The van der Waals surface area contributed by atoms with E-state index in [0.717, 1.165) is 44.2 Å². The van der Waals surface area contributed by atoms with Crippen LogP contribution in [0.2, 0.25) is 0 Å². The lowest BCUT2D eigenvalue weighted by molar-refractivity contribution is 0.207. The van der Waals surface area contributed by atoms with E-state index in [1.54, 1.807) is 0 Å². The second-order valence-corrected chi connectivity index (χ2v) is 4.99. The standard InChI is InChI=1S/C13H22N4/c1-11-8-14-5-3-7-17(9-11)10-13-4-6-15-12(2)16-13/h4,6,11,14H,3,5,7-10H2,1-2H3. The van der Waals surface area contributed by atoms with Gasteiger partial charge >= 0.3 is 0 Å². The topological polar surface area (TPSA) is 41.1 Å². The molecule has 1 saturated heterocycles. The molecule has 1 aliphatic rings. The third kappa shape index (κ3) is 4.06. The van der Waals surface area contributed by atoms with Crippen molar-refractivity contribution in [3.8, 4) is 0 Å². The molecule has 1 N–H and O–H groups in total. The van der Waals surface area contributed by atoms with Gasteiger partial charge in [-0.2, -0.15) is 0 Å². The Kier molecular flexibility index (Phi) is 4.45. The van der Waals surface area contributed by atoms with Gasteiger partial charge in [0.05, 0.1) is 5.69 Å². The Hall–Kier alpha value is -1.00. The summed E-state index contributed by atoms with van der Waals surface area (Å²) in [5, 5.41) is 3.48. The second-order valence-electron chi connectivity index (χ2n) is 4.99. The predicted octanol–water partition coefficient (Wildman–Crippen LogP) is 1.22. The lowest BCUT2D eigenvalue weighted by atomic mass is 10.1. The molecule has 0 bridgehead atoms. The Morgan fingerprint density at radius 1 is 1.53 bits per heavy atom. The summed E-state index contributed by atoms with van der Waals surface area (Å²) in [6.45, 7) is 9.76. The second kappa shape index (κ2) is 6.07. The number of aryl methyl sites for hydroxylation is 1. The summed E-state index contributed by atoms with van der Waals surface area (Å²) >= 11 is 0. The summed E-state index contributed by atoms with van der Waals surface area (Å²) in [5.74, 6) is 1.57. The van der Waals surface area contributed by atoms with Crippen molar-refractivity contribution in [2.75, 3.05) is 26.2 Å². The van der Waals surface area contributed by atoms with Gasteiger partial charge in [-0.05, 0) is 45.0 Å². The molecule has 1 atom stereocenters. The Morgan fingerprint density at radius 3 is 3.24 bits per heavy atom. The van der Waals surface area contributed by atoms with E-state index in [1.165, 1.54) is 6.42 Å². The lowest BCUT2D eigenvalue weighted by Gasteiger charge is -2.28. The zero-order chi connectivity index (χ0) is 12.1. The smallest absolute Gasteiger partial charge is 0.125 e. The Bertz CT molecular complexity index is 353. The number of hydrogen-bond donors (Lipinski definition) is 1. The first-order chi connectivity index (χ1) is 8.24. The number of aromatic nitrogens is 2. The van der Waals surface area contributed by atoms with Crippen molar-refractivity contribution in [3.05, 3.63) is 23.8 Å². The maximum absolute atomic E-state index is 4.48. The molecule has 1 fully saturated rings. The molecule has 1 aliphatic heterocycles. The van der Waals surface area contributed by atoms with Crippen LogP contribution in [-0.4, -0.2) is 41.0 Å². The third-order valence-electron chi connectivity index (χ3n) is 3.11. The van der Waals surface area contributed by atoms with Crippen LogP contribution in [-0.2, 0) is 6.54 Å². The SMILES string of the molecule is Cc1nccc(CN2CCCNCC(C)C2)n1. The molecule has 2 rings (SSSR count). The van der Waals surface area contributed by atoms with Gasteiger partial charge in [0, 0.05) is 19.3 Å². The molecule has 1 aromatic rings. The Balaban J connectivity index is 1.96. The highest BCUT2D eigenvalue weighted by atomic mass is 15.1. The largest absolute Gasteiger partial charge is 0.316 e. The van der Waals surface area contributed by atoms with Gasteiger partial charge in [0.25, 0.3) is 0 Å². The van der Waals surface area contributed by atoms with Crippen molar-refractivity contribution in [2.45, 2.75) is 26.8 Å². The van der Waals surface area contributed by atoms with Crippen molar-refractivity contribution in [1.29, 1.82) is 0 Å². The van der Waals surface area contributed by atoms with E-state index in [9.17, 15) is 0 Å². The fourth-order valence-electron chi connectivity index (χ4n) is 2.34. The summed E-state index contributed by atoms with van der Waals surface area (Å²) in [5.41, 5.74) is 1.14. The van der Waals surface area contributed by atoms with Crippen LogP contribution in [0.5, 0.6) is 0 Å². The van der Waals surface area contributed by atoms with E-state index in [0.29, 0.717) is 5.92 Å². The van der Waals surface area contributed by atoms with Gasteiger partial charge in [0.15, 0.2) is 0 Å².